The highest BCUT2D eigenvalue weighted by molar-refractivity contribution is 6.07. The van der Waals surface area contributed by atoms with E-state index in [1.165, 1.54) is 0 Å². The fraction of sp³-hybridized carbons (Fsp3) is 0.308. The molecule has 0 aliphatic rings. The Labute approximate surface area is 95.6 Å². The molecule has 2 aromatic rings. The Morgan fingerprint density at radius 3 is 2.62 bits per heavy atom. The molecule has 0 aliphatic heterocycles. The highest BCUT2D eigenvalue weighted by Gasteiger charge is 2.12. The van der Waals surface area contributed by atoms with Gasteiger partial charge in [-0.25, -0.2) is 0 Å². The third-order valence-corrected chi connectivity index (χ3v) is 2.92. The molecular weight excluding hydrogens is 198 g/mol. The second-order valence-electron chi connectivity index (χ2n) is 3.77. The Kier molecular flexibility index (Phi) is 2.95. The average molecular weight is 215 g/mol. The van der Waals surface area contributed by atoms with Gasteiger partial charge in [0.25, 0.3) is 0 Å². The maximum absolute atomic E-state index is 8.19. The molecule has 0 radical (unpaired) electrons. The van der Waals surface area contributed by atoms with Crippen LogP contribution in [0, 0.1) is 5.41 Å². The van der Waals surface area contributed by atoms with Crippen molar-refractivity contribution >= 4 is 16.7 Å². The topological polar surface area (TPSA) is 42.9 Å². The van der Waals surface area contributed by atoms with E-state index in [2.05, 4.69) is 29.8 Å². The maximum atomic E-state index is 8.19. The summed E-state index contributed by atoms with van der Waals surface area (Å²) in [6.45, 7) is 5.89. The van der Waals surface area contributed by atoms with Crippen LogP contribution < -0.4 is 0 Å². The first kappa shape index (κ1) is 10.7. The van der Waals surface area contributed by atoms with Crippen LogP contribution in [-0.4, -0.2) is 28.8 Å². The van der Waals surface area contributed by atoms with E-state index in [0.717, 1.165) is 29.6 Å². The predicted molar refractivity (Wildman–Crippen MR) is 68.0 cm³/mol. The van der Waals surface area contributed by atoms with Gasteiger partial charge in [-0.2, -0.15) is 0 Å². The normalized spacial score (nSPS) is 10.6. The molecule has 3 heteroatoms. The number of benzene rings is 1. The van der Waals surface area contributed by atoms with E-state index in [1.807, 2.05) is 24.4 Å². The van der Waals surface area contributed by atoms with Gasteiger partial charge in [0.1, 0.15) is 5.84 Å². The molecule has 0 spiro atoms. The second-order valence-corrected chi connectivity index (χ2v) is 3.77. The molecule has 0 aliphatic carbocycles. The van der Waals surface area contributed by atoms with Crippen molar-refractivity contribution in [2.24, 2.45) is 0 Å². The molecule has 0 bridgehead atoms. The van der Waals surface area contributed by atoms with Gasteiger partial charge in [-0.1, -0.05) is 18.2 Å². The van der Waals surface area contributed by atoms with Gasteiger partial charge in [0.05, 0.1) is 0 Å². The van der Waals surface area contributed by atoms with Crippen molar-refractivity contribution in [1.82, 2.24) is 9.88 Å². The minimum absolute atomic E-state index is 0.599. The zero-order valence-electron chi connectivity index (χ0n) is 9.75. The molecule has 0 saturated heterocycles. The van der Waals surface area contributed by atoms with Crippen molar-refractivity contribution in [2.75, 3.05) is 13.1 Å². The number of hydrogen-bond acceptors (Lipinski definition) is 1. The summed E-state index contributed by atoms with van der Waals surface area (Å²) in [5.41, 5.74) is 2.08. The number of fused-ring (bicyclic) bond motifs is 1. The van der Waals surface area contributed by atoms with Crippen LogP contribution in [-0.2, 0) is 0 Å². The van der Waals surface area contributed by atoms with Crippen LogP contribution in [0.2, 0.25) is 0 Å². The summed E-state index contributed by atoms with van der Waals surface area (Å²) in [7, 11) is 0. The van der Waals surface area contributed by atoms with Crippen LogP contribution in [0.4, 0.5) is 0 Å². The smallest absolute Gasteiger partial charge is 0.130 e. The Bertz CT molecular complexity index is 495. The van der Waals surface area contributed by atoms with Crippen LogP contribution in [0.25, 0.3) is 10.9 Å². The van der Waals surface area contributed by atoms with Crippen molar-refractivity contribution in [3.63, 3.8) is 0 Å². The summed E-state index contributed by atoms with van der Waals surface area (Å²) in [4.78, 5) is 5.26. The van der Waals surface area contributed by atoms with Gasteiger partial charge in [0.15, 0.2) is 0 Å². The van der Waals surface area contributed by atoms with Crippen LogP contribution >= 0.6 is 0 Å². The Morgan fingerprint density at radius 1 is 1.25 bits per heavy atom. The summed E-state index contributed by atoms with van der Waals surface area (Å²) < 4.78 is 0. The van der Waals surface area contributed by atoms with E-state index >= 15 is 0 Å². The Balaban J connectivity index is 2.43. The number of aromatic nitrogens is 1. The van der Waals surface area contributed by atoms with Crippen LogP contribution in [0.3, 0.4) is 0 Å². The summed E-state index contributed by atoms with van der Waals surface area (Å²) in [5.74, 6) is 0.599. The number of para-hydroxylation sites is 1. The van der Waals surface area contributed by atoms with Gasteiger partial charge in [-0.05, 0) is 19.9 Å². The number of hydrogen-bond donors (Lipinski definition) is 2. The molecule has 0 atom stereocenters. The van der Waals surface area contributed by atoms with Gasteiger partial charge >= 0.3 is 0 Å². The molecule has 0 amide bonds. The average Bonchev–Trinajstić information content (AvgIpc) is 2.74. The SMILES string of the molecule is CCN(CC)C(=N)c1c[nH]c2ccccc12. The molecule has 1 heterocycles. The molecule has 0 unspecified atom stereocenters. The number of amidine groups is 1. The lowest BCUT2D eigenvalue weighted by Crippen LogP contribution is -2.30. The molecule has 2 rings (SSSR count). The number of nitrogens with zero attached hydrogens (tertiary/aromatic N) is 1. The van der Waals surface area contributed by atoms with Gasteiger partial charge in [-0.3, -0.25) is 5.41 Å². The number of aromatic amines is 1. The molecular formula is C13H17N3. The van der Waals surface area contributed by atoms with Crippen LogP contribution in [0.5, 0.6) is 0 Å². The zero-order valence-corrected chi connectivity index (χ0v) is 9.75. The second kappa shape index (κ2) is 4.39. The van der Waals surface area contributed by atoms with Gasteiger partial charge in [0, 0.05) is 35.8 Å². The van der Waals surface area contributed by atoms with E-state index in [-0.39, 0.29) is 0 Å². The summed E-state index contributed by atoms with van der Waals surface area (Å²) in [5, 5.41) is 9.32. The summed E-state index contributed by atoms with van der Waals surface area (Å²) in [6.07, 6.45) is 1.92. The van der Waals surface area contributed by atoms with Crippen molar-refractivity contribution in [3.05, 3.63) is 36.0 Å². The Morgan fingerprint density at radius 2 is 1.94 bits per heavy atom. The van der Waals surface area contributed by atoms with Gasteiger partial charge in [0.2, 0.25) is 0 Å². The molecule has 2 N–H and O–H groups in total. The summed E-state index contributed by atoms with van der Waals surface area (Å²) in [6, 6.07) is 8.10. The molecule has 84 valence electrons. The quantitative estimate of drug-likeness (QED) is 0.600. The highest BCUT2D eigenvalue weighted by atomic mass is 15.2. The molecule has 3 nitrogen and oxygen atoms in total. The largest absolute Gasteiger partial charge is 0.360 e. The lowest BCUT2D eigenvalue weighted by atomic mass is 10.1. The minimum Gasteiger partial charge on any atom is -0.360 e. The molecule has 0 fully saturated rings. The lowest BCUT2D eigenvalue weighted by molar-refractivity contribution is 0.464. The molecule has 0 saturated carbocycles. The minimum atomic E-state index is 0.599. The van der Waals surface area contributed by atoms with Crippen molar-refractivity contribution in [1.29, 1.82) is 5.41 Å². The van der Waals surface area contributed by atoms with Crippen molar-refractivity contribution in [2.45, 2.75) is 13.8 Å². The van der Waals surface area contributed by atoms with E-state index in [1.54, 1.807) is 0 Å². The maximum Gasteiger partial charge on any atom is 0.130 e. The predicted octanol–water partition coefficient (Wildman–Crippen LogP) is 2.84. The van der Waals surface area contributed by atoms with Crippen molar-refractivity contribution < 1.29 is 0 Å². The zero-order chi connectivity index (χ0) is 11.5. The van der Waals surface area contributed by atoms with Crippen LogP contribution in [0.1, 0.15) is 19.4 Å². The van der Waals surface area contributed by atoms with Gasteiger partial charge in [-0.15, -0.1) is 0 Å². The molecule has 1 aromatic heterocycles. The van der Waals surface area contributed by atoms with E-state index in [9.17, 15) is 0 Å². The number of rotatable bonds is 3. The third-order valence-electron chi connectivity index (χ3n) is 2.92. The Hall–Kier alpha value is -1.77. The van der Waals surface area contributed by atoms with E-state index < -0.39 is 0 Å². The van der Waals surface area contributed by atoms with Gasteiger partial charge < -0.3 is 9.88 Å². The first-order chi connectivity index (χ1) is 7.77. The van der Waals surface area contributed by atoms with E-state index in [4.69, 9.17) is 5.41 Å². The molecule has 1 aromatic carbocycles. The fourth-order valence-corrected chi connectivity index (χ4v) is 1.98. The lowest BCUT2D eigenvalue weighted by Gasteiger charge is -2.21. The third kappa shape index (κ3) is 1.69. The number of nitrogens with one attached hydrogen (secondary N) is 2. The monoisotopic (exact) mass is 215 g/mol. The van der Waals surface area contributed by atoms with Crippen molar-refractivity contribution in [3.8, 4) is 0 Å². The van der Waals surface area contributed by atoms with Crippen LogP contribution in [0.15, 0.2) is 30.5 Å². The fourth-order valence-electron chi connectivity index (χ4n) is 1.98. The van der Waals surface area contributed by atoms with E-state index in [0.29, 0.717) is 5.84 Å². The number of H-pyrrole nitrogens is 1. The first-order valence-electron chi connectivity index (χ1n) is 5.67. The highest BCUT2D eigenvalue weighted by Crippen LogP contribution is 2.19. The summed E-state index contributed by atoms with van der Waals surface area (Å²) >= 11 is 0. The standard InChI is InChI=1S/C13H17N3/c1-3-16(4-2)13(14)11-9-15-12-8-6-5-7-10(11)12/h5-9,14-15H,3-4H2,1-2H3. The molecule has 16 heavy (non-hydrogen) atoms. The first-order valence-corrected chi connectivity index (χ1v) is 5.67.